The van der Waals surface area contributed by atoms with Gasteiger partial charge in [-0.1, -0.05) is 0 Å². The van der Waals surface area contributed by atoms with Crippen LogP contribution in [0.1, 0.15) is 20.7 Å². The molecule has 3 aromatic rings. The molecule has 0 saturated carbocycles. The highest BCUT2D eigenvalue weighted by atomic mass is 19.1. The van der Waals surface area contributed by atoms with E-state index in [0.29, 0.717) is 11.3 Å². The van der Waals surface area contributed by atoms with Crippen LogP contribution in [-0.2, 0) is 4.84 Å². The molecule has 1 aromatic heterocycles. The van der Waals surface area contributed by atoms with Crippen LogP contribution in [0.2, 0.25) is 0 Å². The molecular formula is C19H16F2N4O3. The predicted molar refractivity (Wildman–Crippen MR) is 97.0 cm³/mol. The summed E-state index contributed by atoms with van der Waals surface area (Å²) in [6, 6.07) is 9.30. The molecule has 144 valence electrons. The van der Waals surface area contributed by atoms with Gasteiger partial charge in [0.1, 0.15) is 11.5 Å². The van der Waals surface area contributed by atoms with Crippen LogP contribution in [0.5, 0.6) is 0 Å². The molecule has 9 heteroatoms. The number of nitrogens with one attached hydrogen (secondary N) is 1. The third kappa shape index (κ3) is 4.04. The van der Waals surface area contributed by atoms with Crippen molar-refractivity contribution in [2.24, 2.45) is 0 Å². The van der Waals surface area contributed by atoms with E-state index in [9.17, 15) is 18.4 Å². The normalized spacial score (nSPS) is 10.6. The summed E-state index contributed by atoms with van der Waals surface area (Å²) in [6.07, 6.45) is 2.60. The maximum atomic E-state index is 13.8. The number of halogens is 2. The fourth-order valence-corrected chi connectivity index (χ4v) is 2.40. The number of carbonyl (C=O) groups excluding carboxylic acids is 2. The van der Waals surface area contributed by atoms with Crippen LogP contribution in [0.4, 0.5) is 14.5 Å². The highest BCUT2D eigenvalue weighted by molar-refractivity contribution is 6.04. The van der Waals surface area contributed by atoms with Crippen LogP contribution >= 0.6 is 0 Å². The maximum Gasteiger partial charge on any atom is 0.277 e. The molecule has 0 aliphatic carbocycles. The first-order valence-electron chi connectivity index (χ1n) is 8.12. The summed E-state index contributed by atoms with van der Waals surface area (Å²) in [5.74, 6) is -2.30. The van der Waals surface area contributed by atoms with Gasteiger partial charge in [0.25, 0.3) is 11.8 Å². The Bertz CT molecular complexity index is 1020. The smallest absolute Gasteiger partial charge is 0.277 e. The van der Waals surface area contributed by atoms with E-state index in [1.54, 1.807) is 24.3 Å². The van der Waals surface area contributed by atoms with Crippen molar-refractivity contribution in [3.05, 3.63) is 77.6 Å². The molecule has 0 bridgehead atoms. The Hall–Kier alpha value is -3.59. The van der Waals surface area contributed by atoms with Gasteiger partial charge in [-0.15, -0.1) is 0 Å². The largest absolute Gasteiger partial charge is 0.322 e. The van der Waals surface area contributed by atoms with Crippen molar-refractivity contribution in [3.63, 3.8) is 0 Å². The zero-order chi connectivity index (χ0) is 20.3. The Kier molecular flexibility index (Phi) is 5.46. The molecule has 28 heavy (non-hydrogen) atoms. The molecule has 2 amide bonds. The minimum Gasteiger partial charge on any atom is -0.322 e. The second-order valence-corrected chi connectivity index (χ2v) is 5.79. The number of rotatable bonds is 5. The molecule has 0 atom stereocenters. The van der Waals surface area contributed by atoms with Crippen LogP contribution in [0.25, 0.3) is 5.69 Å². The quantitative estimate of drug-likeness (QED) is 0.684. The summed E-state index contributed by atoms with van der Waals surface area (Å²) >= 11 is 0. The van der Waals surface area contributed by atoms with Gasteiger partial charge in [0.15, 0.2) is 5.82 Å². The van der Waals surface area contributed by atoms with Gasteiger partial charge in [0, 0.05) is 30.6 Å². The van der Waals surface area contributed by atoms with Crippen LogP contribution in [0.15, 0.2) is 54.9 Å². The van der Waals surface area contributed by atoms with E-state index in [0.717, 1.165) is 21.9 Å². The summed E-state index contributed by atoms with van der Waals surface area (Å²) in [6.45, 7) is 0. The lowest BCUT2D eigenvalue weighted by Crippen LogP contribution is -2.25. The Labute approximate surface area is 159 Å². The first-order valence-corrected chi connectivity index (χ1v) is 8.12. The standard InChI is InChI=1S/C19H16F2N4O3/c1-24(28-2)19(27)12-3-6-15(7-4-12)23-18(26)13-10-22-25(11-13)17-8-5-14(20)9-16(17)21/h3-11H,1-2H3,(H,23,26). The molecular weight excluding hydrogens is 370 g/mol. The van der Waals surface area contributed by atoms with Gasteiger partial charge in [0.2, 0.25) is 0 Å². The minimum atomic E-state index is -0.795. The van der Waals surface area contributed by atoms with Gasteiger partial charge in [-0.25, -0.2) is 18.5 Å². The highest BCUT2D eigenvalue weighted by Gasteiger charge is 2.14. The average molecular weight is 386 g/mol. The zero-order valence-electron chi connectivity index (χ0n) is 15.0. The van der Waals surface area contributed by atoms with Crippen LogP contribution in [-0.4, -0.2) is 40.8 Å². The first kappa shape index (κ1) is 19.2. The van der Waals surface area contributed by atoms with Gasteiger partial charge in [-0.2, -0.15) is 5.10 Å². The molecule has 2 aromatic carbocycles. The number of hydrogen-bond donors (Lipinski definition) is 1. The van der Waals surface area contributed by atoms with Crippen molar-refractivity contribution >= 4 is 17.5 Å². The van der Waals surface area contributed by atoms with E-state index in [-0.39, 0.29) is 17.2 Å². The van der Waals surface area contributed by atoms with E-state index < -0.39 is 17.5 Å². The average Bonchev–Trinajstić information content (AvgIpc) is 3.17. The molecule has 0 unspecified atom stereocenters. The summed E-state index contributed by atoms with van der Waals surface area (Å²) < 4.78 is 28.0. The van der Waals surface area contributed by atoms with Gasteiger partial charge in [-0.05, 0) is 36.4 Å². The predicted octanol–water partition coefficient (Wildman–Crippen LogP) is 3.04. The van der Waals surface area contributed by atoms with E-state index in [2.05, 4.69) is 10.4 Å². The Morgan fingerprint density at radius 2 is 1.82 bits per heavy atom. The lowest BCUT2D eigenvalue weighted by molar-refractivity contribution is -0.0756. The molecule has 0 saturated heterocycles. The monoisotopic (exact) mass is 386 g/mol. The number of aromatic nitrogens is 2. The van der Waals surface area contributed by atoms with E-state index in [4.69, 9.17) is 4.84 Å². The Balaban J connectivity index is 1.72. The van der Waals surface area contributed by atoms with Crippen molar-refractivity contribution in [3.8, 4) is 5.69 Å². The summed E-state index contributed by atoms with van der Waals surface area (Å²) in [4.78, 5) is 29.2. The molecule has 0 spiro atoms. The molecule has 1 N–H and O–H groups in total. The molecule has 0 fully saturated rings. The number of hydrogen-bond acceptors (Lipinski definition) is 4. The van der Waals surface area contributed by atoms with Crippen LogP contribution < -0.4 is 5.32 Å². The molecule has 0 aliphatic rings. The maximum absolute atomic E-state index is 13.8. The fraction of sp³-hybridized carbons (Fsp3) is 0.105. The first-order chi connectivity index (χ1) is 13.4. The van der Waals surface area contributed by atoms with Crippen molar-refractivity contribution in [2.75, 3.05) is 19.5 Å². The number of hydroxylamine groups is 2. The summed E-state index contributed by atoms with van der Waals surface area (Å²) in [5.41, 5.74) is 1.05. The van der Waals surface area contributed by atoms with E-state index in [1.165, 1.54) is 32.6 Å². The Morgan fingerprint density at radius 3 is 2.46 bits per heavy atom. The second kappa shape index (κ2) is 7.97. The SMILES string of the molecule is CON(C)C(=O)c1ccc(NC(=O)c2cnn(-c3ccc(F)cc3F)c2)cc1. The van der Waals surface area contributed by atoms with Crippen LogP contribution in [0.3, 0.4) is 0 Å². The molecule has 0 aliphatic heterocycles. The van der Waals surface area contributed by atoms with Crippen LogP contribution in [0, 0.1) is 11.6 Å². The van der Waals surface area contributed by atoms with Crippen molar-refractivity contribution < 1.29 is 23.2 Å². The lowest BCUT2D eigenvalue weighted by atomic mass is 10.2. The lowest BCUT2D eigenvalue weighted by Gasteiger charge is -2.13. The number of nitrogens with zero attached hydrogens (tertiary/aromatic N) is 3. The van der Waals surface area contributed by atoms with Gasteiger partial charge < -0.3 is 5.32 Å². The third-order valence-corrected chi connectivity index (χ3v) is 3.95. The van der Waals surface area contributed by atoms with Gasteiger partial charge in [-0.3, -0.25) is 14.4 Å². The third-order valence-electron chi connectivity index (χ3n) is 3.95. The highest BCUT2D eigenvalue weighted by Crippen LogP contribution is 2.16. The number of amides is 2. The molecule has 0 radical (unpaired) electrons. The molecule has 1 heterocycles. The number of carbonyl (C=O) groups is 2. The summed E-state index contributed by atoms with van der Waals surface area (Å²) in [7, 11) is 2.87. The van der Waals surface area contributed by atoms with E-state index >= 15 is 0 Å². The number of anilines is 1. The van der Waals surface area contributed by atoms with Crippen molar-refractivity contribution in [1.82, 2.24) is 14.8 Å². The van der Waals surface area contributed by atoms with E-state index in [1.807, 2.05) is 0 Å². The number of benzene rings is 2. The fourth-order valence-electron chi connectivity index (χ4n) is 2.40. The van der Waals surface area contributed by atoms with Crippen molar-refractivity contribution in [1.29, 1.82) is 0 Å². The second-order valence-electron chi connectivity index (χ2n) is 5.79. The topological polar surface area (TPSA) is 76.5 Å². The molecule has 3 rings (SSSR count). The zero-order valence-corrected chi connectivity index (χ0v) is 15.0. The van der Waals surface area contributed by atoms with Gasteiger partial charge >= 0.3 is 0 Å². The Morgan fingerprint density at radius 1 is 1.11 bits per heavy atom. The summed E-state index contributed by atoms with van der Waals surface area (Å²) in [5, 5.41) is 7.67. The minimum absolute atomic E-state index is 0.0191. The van der Waals surface area contributed by atoms with Crippen molar-refractivity contribution in [2.45, 2.75) is 0 Å². The van der Waals surface area contributed by atoms with Gasteiger partial charge in [0.05, 0.1) is 18.9 Å². The molecule has 7 nitrogen and oxygen atoms in total.